The van der Waals surface area contributed by atoms with Gasteiger partial charge in [-0.2, -0.15) is 0 Å². The molecule has 0 bridgehead atoms. The van der Waals surface area contributed by atoms with Gasteiger partial charge in [0.05, 0.1) is 11.8 Å². The van der Waals surface area contributed by atoms with Gasteiger partial charge >= 0.3 is 0 Å². The molecule has 29 heavy (non-hydrogen) atoms. The third kappa shape index (κ3) is 5.43. The Kier molecular flexibility index (Phi) is 6.59. The molecule has 0 spiro atoms. The molecule has 0 aliphatic heterocycles. The lowest BCUT2D eigenvalue weighted by Crippen LogP contribution is -2.34. The van der Waals surface area contributed by atoms with Crippen molar-refractivity contribution in [3.05, 3.63) is 83.0 Å². The highest BCUT2D eigenvalue weighted by atomic mass is 35.5. The fraction of sp³-hybridized carbons (Fsp3) is 0.100. The quantitative estimate of drug-likeness (QED) is 0.408. The van der Waals surface area contributed by atoms with Crippen molar-refractivity contribution >= 4 is 35.0 Å². The molecule has 3 amide bonds. The Bertz CT molecular complexity index is 1000. The van der Waals surface area contributed by atoms with E-state index in [-0.39, 0.29) is 41.4 Å². The number of halogens is 1. The molecule has 0 aliphatic rings. The van der Waals surface area contributed by atoms with Crippen LogP contribution in [0.2, 0.25) is 5.15 Å². The van der Waals surface area contributed by atoms with E-state index in [9.17, 15) is 14.4 Å². The third-order valence-electron chi connectivity index (χ3n) is 3.85. The molecule has 0 aliphatic carbocycles. The first-order chi connectivity index (χ1) is 14.0. The van der Waals surface area contributed by atoms with Crippen LogP contribution >= 0.6 is 11.6 Å². The molecular weight excluding hydrogens is 396 g/mol. The minimum Gasteiger partial charge on any atom is -0.459 e. The van der Waals surface area contributed by atoms with E-state index in [1.54, 1.807) is 48.5 Å². The molecule has 0 fully saturated rings. The van der Waals surface area contributed by atoms with Crippen molar-refractivity contribution < 1.29 is 18.8 Å². The van der Waals surface area contributed by atoms with Crippen LogP contribution in [-0.2, 0) is 0 Å². The predicted octanol–water partition coefficient (Wildman–Crippen LogP) is 2.74. The summed E-state index contributed by atoms with van der Waals surface area (Å²) in [5, 5.41) is 8.13. The fourth-order valence-corrected chi connectivity index (χ4v) is 2.61. The zero-order valence-electron chi connectivity index (χ0n) is 15.1. The summed E-state index contributed by atoms with van der Waals surface area (Å²) in [6.45, 7) is 0.508. The fourth-order valence-electron chi connectivity index (χ4n) is 2.41. The third-order valence-corrected chi connectivity index (χ3v) is 4.15. The van der Waals surface area contributed by atoms with E-state index in [0.29, 0.717) is 11.3 Å². The summed E-state index contributed by atoms with van der Waals surface area (Å²) >= 11 is 5.90. The molecule has 0 saturated carbocycles. The Balaban J connectivity index is 1.46. The topological polar surface area (TPSA) is 113 Å². The molecule has 0 radical (unpaired) electrons. The Hall–Kier alpha value is -3.65. The van der Waals surface area contributed by atoms with Crippen LogP contribution in [0, 0.1) is 0 Å². The summed E-state index contributed by atoms with van der Waals surface area (Å²) in [7, 11) is 0. The van der Waals surface area contributed by atoms with Gasteiger partial charge in [0.2, 0.25) is 0 Å². The van der Waals surface area contributed by atoms with E-state index in [4.69, 9.17) is 16.0 Å². The Morgan fingerprint density at radius 3 is 2.28 bits per heavy atom. The van der Waals surface area contributed by atoms with Crippen LogP contribution in [0.25, 0.3) is 0 Å². The van der Waals surface area contributed by atoms with E-state index in [1.165, 1.54) is 12.5 Å². The number of rotatable bonds is 7. The van der Waals surface area contributed by atoms with Crippen LogP contribution in [0.4, 0.5) is 5.69 Å². The van der Waals surface area contributed by atoms with Gasteiger partial charge < -0.3 is 20.4 Å². The first-order valence-corrected chi connectivity index (χ1v) is 9.04. The molecule has 8 nitrogen and oxygen atoms in total. The van der Waals surface area contributed by atoms with Gasteiger partial charge in [-0.15, -0.1) is 0 Å². The van der Waals surface area contributed by atoms with Crippen LogP contribution in [0.3, 0.4) is 0 Å². The van der Waals surface area contributed by atoms with Crippen molar-refractivity contribution in [1.29, 1.82) is 0 Å². The monoisotopic (exact) mass is 412 g/mol. The molecule has 9 heteroatoms. The second-order valence-electron chi connectivity index (χ2n) is 5.86. The number of anilines is 1. The number of hydrogen-bond donors (Lipinski definition) is 3. The second-order valence-corrected chi connectivity index (χ2v) is 6.22. The number of hydrogen-bond acceptors (Lipinski definition) is 5. The molecule has 0 atom stereocenters. The van der Waals surface area contributed by atoms with Gasteiger partial charge in [-0.05, 0) is 48.5 Å². The first kappa shape index (κ1) is 20.1. The van der Waals surface area contributed by atoms with Gasteiger partial charge in [0.1, 0.15) is 5.15 Å². The van der Waals surface area contributed by atoms with Gasteiger partial charge in [-0.1, -0.05) is 11.6 Å². The van der Waals surface area contributed by atoms with Crippen molar-refractivity contribution in [1.82, 2.24) is 15.6 Å². The zero-order chi connectivity index (χ0) is 20.6. The second kappa shape index (κ2) is 9.52. The maximum atomic E-state index is 12.2. The molecule has 0 saturated heterocycles. The summed E-state index contributed by atoms with van der Waals surface area (Å²) in [6.07, 6.45) is 2.91. The summed E-state index contributed by atoms with van der Waals surface area (Å²) < 4.78 is 4.98. The highest BCUT2D eigenvalue weighted by Crippen LogP contribution is 2.15. The minimum atomic E-state index is -0.396. The van der Waals surface area contributed by atoms with Crippen molar-refractivity contribution in [3.63, 3.8) is 0 Å². The molecule has 2 aromatic heterocycles. The number of amides is 3. The highest BCUT2D eigenvalue weighted by molar-refractivity contribution is 6.33. The number of aromatic nitrogens is 1. The van der Waals surface area contributed by atoms with Gasteiger partial charge in [0.25, 0.3) is 17.7 Å². The molecule has 148 valence electrons. The van der Waals surface area contributed by atoms with Crippen molar-refractivity contribution in [2.75, 3.05) is 18.4 Å². The highest BCUT2D eigenvalue weighted by Gasteiger charge is 2.12. The van der Waals surface area contributed by atoms with Gasteiger partial charge in [0, 0.05) is 30.5 Å². The Morgan fingerprint density at radius 2 is 1.62 bits per heavy atom. The lowest BCUT2D eigenvalue weighted by Gasteiger charge is -2.08. The van der Waals surface area contributed by atoms with Crippen LogP contribution < -0.4 is 16.0 Å². The van der Waals surface area contributed by atoms with Crippen LogP contribution in [0.15, 0.2) is 65.4 Å². The largest absolute Gasteiger partial charge is 0.459 e. The lowest BCUT2D eigenvalue weighted by atomic mass is 10.2. The molecule has 0 unspecified atom stereocenters. The van der Waals surface area contributed by atoms with Crippen LogP contribution in [-0.4, -0.2) is 35.8 Å². The maximum absolute atomic E-state index is 12.2. The van der Waals surface area contributed by atoms with E-state index >= 15 is 0 Å². The van der Waals surface area contributed by atoms with E-state index in [2.05, 4.69) is 20.9 Å². The van der Waals surface area contributed by atoms with Crippen molar-refractivity contribution in [2.24, 2.45) is 0 Å². The maximum Gasteiger partial charge on any atom is 0.287 e. The van der Waals surface area contributed by atoms with Gasteiger partial charge in [0.15, 0.2) is 5.76 Å². The number of carbonyl (C=O) groups excluding carboxylic acids is 3. The standard InChI is InChI=1S/C20H17ClN4O4/c21-17-15(3-1-9-22-17)19(27)25-14-7-5-13(6-8-14)18(26)23-10-11-24-20(28)16-4-2-12-29-16/h1-9,12H,10-11H2,(H,23,26)(H,24,28)(H,25,27). The lowest BCUT2D eigenvalue weighted by molar-refractivity contribution is 0.0910. The number of pyridine rings is 1. The molecule has 3 N–H and O–H groups in total. The molecule has 3 rings (SSSR count). The normalized spacial score (nSPS) is 10.2. The van der Waals surface area contributed by atoms with Crippen molar-refractivity contribution in [2.45, 2.75) is 0 Å². The number of benzene rings is 1. The van der Waals surface area contributed by atoms with Gasteiger partial charge in [-0.25, -0.2) is 4.98 Å². The van der Waals surface area contributed by atoms with E-state index in [1.807, 2.05) is 0 Å². The number of nitrogens with one attached hydrogen (secondary N) is 3. The zero-order valence-corrected chi connectivity index (χ0v) is 15.9. The average molecular weight is 413 g/mol. The minimum absolute atomic E-state index is 0.111. The number of nitrogens with zero attached hydrogens (tertiary/aromatic N) is 1. The summed E-state index contributed by atoms with van der Waals surface area (Å²) in [5.41, 5.74) is 1.18. The average Bonchev–Trinajstić information content (AvgIpc) is 3.27. The smallest absolute Gasteiger partial charge is 0.287 e. The number of carbonyl (C=O) groups is 3. The molecular formula is C20H17ClN4O4. The van der Waals surface area contributed by atoms with Crippen molar-refractivity contribution in [3.8, 4) is 0 Å². The van der Waals surface area contributed by atoms with Gasteiger partial charge in [-0.3, -0.25) is 14.4 Å². The predicted molar refractivity (Wildman–Crippen MR) is 107 cm³/mol. The SMILES string of the molecule is O=C(NCCNC(=O)c1ccco1)c1ccc(NC(=O)c2cccnc2Cl)cc1. The van der Waals surface area contributed by atoms with E-state index < -0.39 is 5.91 Å². The molecule has 3 aromatic rings. The summed E-state index contributed by atoms with van der Waals surface area (Å²) in [6, 6.07) is 12.7. The van der Waals surface area contributed by atoms with E-state index in [0.717, 1.165) is 0 Å². The summed E-state index contributed by atoms with van der Waals surface area (Å²) in [4.78, 5) is 39.9. The summed E-state index contributed by atoms with van der Waals surface area (Å²) in [5.74, 6) is -0.836. The first-order valence-electron chi connectivity index (χ1n) is 8.66. The molecule has 2 heterocycles. The Labute approximate surface area is 171 Å². The number of furan rings is 1. The Morgan fingerprint density at radius 1 is 0.897 bits per heavy atom. The van der Waals surface area contributed by atoms with Crippen LogP contribution in [0.1, 0.15) is 31.3 Å². The van der Waals surface area contributed by atoms with Crippen LogP contribution in [0.5, 0.6) is 0 Å². The molecule has 1 aromatic carbocycles.